The maximum absolute atomic E-state index is 12.8. The van der Waals surface area contributed by atoms with Crippen molar-refractivity contribution in [1.82, 2.24) is 4.90 Å². The van der Waals surface area contributed by atoms with Gasteiger partial charge in [0.25, 0.3) is 5.91 Å². The van der Waals surface area contributed by atoms with Gasteiger partial charge >= 0.3 is 0 Å². The van der Waals surface area contributed by atoms with Crippen molar-refractivity contribution in [3.8, 4) is 0 Å². The normalized spacial score (nSPS) is 15.6. The van der Waals surface area contributed by atoms with Gasteiger partial charge in [-0.1, -0.05) is 84.4 Å². The molecule has 1 heterocycles. The lowest BCUT2D eigenvalue weighted by Crippen LogP contribution is -2.25. The van der Waals surface area contributed by atoms with Gasteiger partial charge in [0.05, 0.1) is 12.2 Å². The molecular weight excluding hydrogens is 366 g/mol. The molecular formula is C25H20ClNO. The highest BCUT2D eigenvalue weighted by atomic mass is 35.5. The van der Waals surface area contributed by atoms with Crippen LogP contribution in [0.15, 0.2) is 102 Å². The topological polar surface area (TPSA) is 20.3 Å². The van der Waals surface area contributed by atoms with Gasteiger partial charge in [0.2, 0.25) is 0 Å². The maximum Gasteiger partial charge on any atom is 0.251 e. The van der Waals surface area contributed by atoms with Crippen LogP contribution in [0.3, 0.4) is 0 Å². The average molecular weight is 386 g/mol. The van der Waals surface area contributed by atoms with Crippen molar-refractivity contribution >= 4 is 23.1 Å². The summed E-state index contributed by atoms with van der Waals surface area (Å²) in [7, 11) is 0. The van der Waals surface area contributed by atoms with E-state index >= 15 is 0 Å². The molecule has 4 rings (SSSR count). The van der Waals surface area contributed by atoms with Crippen LogP contribution < -0.4 is 0 Å². The van der Waals surface area contributed by atoms with E-state index in [1.165, 1.54) is 0 Å². The number of carbonyl (C=O) groups excluding carboxylic acids is 1. The Labute approximate surface area is 170 Å². The first-order valence-corrected chi connectivity index (χ1v) is 9.61. The van der Waals surface area contributed by atoms with E-state index in [2.05, 4.69) is 12.1 Å². The van der Waals surface area contributed by atoms with Crippen LogP contribution in [0.4, 0.5) is 0 Å². The summed E-state index contributed by atoms with van der Waals surface area (Å²) in [6.45, 7) is 2.52. The van der Waals surface area contributed by atoms with E-state index in [-0.39, 0.29) is 5.91 Å². The molecule has 0 aromatic heterocycles. The molecule has 0 fully saturated rings. The molecule has 1 aliphatic rings. The van der Waals surface area contributed by atoms with Gasteiger partial charge in [0.15, 0.2) is 0 Å². The summed E-state index contributed by atoms with van der Waals surface area (Å²) in [5, 5.41) is 0.673. The van der Waals surface area contributed by atoms with Gasteiger partial charge in [-0.3, -0.25) is 4.79 Å². The largest absolute Gasteiger partial charge is 0.304 e. The summed E-state index contributed by atoms with van der Waals surface area (Å²) < 4.78 is 0. The third kappa shape index (κ3) is 3.64. The molecule has 0 aliphatic carbocycles. The highest BCUT2D eigenvalue weighted by Crippen LogP contribution is 2.37. The van der Waals surface area contributed by atoms with E-state index in [0.717, 1.165) is 33.5 Å². The number of benzene rings is 3. The zero-order chi connectivity index (χ0) is 19.5. The zero-order valence-corrected chi connectivity index (χ0v) is 16.4. The van der Waals surface area contributed by atoms with Crippen LogP contribution in [-0.2, 0) is 11.3 Å². The summed E-state index contributed by atoms with van der Waals surface area (Å²) in [6.07, 6.45) is 1.71. The fraction of sp³-hybridized carbons (Fsp3) is 0.0800. The average Bonchev–Trinajstić information content (AvgIpc) is 2.97. The summed E-state index contributed by atoms with van der Waals surface area (Å²) in [4.78, 5) is 14.7. The third-order valence-electron chi connectivity index (χ3n) is 4.85. The molecule has 0 atom stereocenters. The SMILES string of the molecule is CC1=CC(=O)N(Cc2ccccc2)/C1=C(\c1ccccc1)c1cccc(Cl)c1. The predicted octanol–water partition coefficient (Wildman–Crippen LogP) is 6.09. The molecule has 28 heavy (non-hydrogen) atoms. The van der Waals surface area contributed by atoms with E-state index in [9.17, 15) is 4.79 Å². The Kier molecular flexibility index (Phi) is 5.14. The summed E-state index contributed by atoms with van der Waals surface area (Å²) >= 11 is 6.30. The first-order valence-electron chi connectivity index (χ1n) is 9.23. The molecule has 0 unspecified atom stereocenters. The van der Waals surface area contributed by atoms with Crippen LogP contribution in [0.2, 0.25) is 5.02 Å². The molecule has 0 bridgehead atoms. The summed E-state index contributed by atoms with van der Waals surface area (Å²) in [5.74, 6) is 0.00631. The molecule has 2 nitrogen and oxygen atoms in total. The molecule has 0 N–H and O–H groups in total. The van der Waals surface area contributed by atoms with Crippen LogP contribution in [-0.4, -0.2) is 10.8 Å². The number of halogens is 1. The Morgan fingerprint density at radius 2 is 1.50 bits per heavy atom. The Balaban J connectivity index is 1.92. The number of hydrogen-bond acceptors (Lipinski definition) is 1. The number of allylic oxidation sites excluding steroid dienone is 1. The lowest BCUT2D eigenvalue weighted by molar-refractivity contribution is -0.123. The quantitative estimate of drug-likeness (QED) is 0.532. The molecule has 0 spiro atoms. The van der Waals surface area contributed by atoms with Gasteiger partial charge in [-0.15, -0.1) is 0 Å². The standard InChI is InChI=1S/C25H20ClNO/c1-18-15-23(28)27(17-19-9-4-2-5-10-19)25(18)24(20-11-6-3-7-12-20)21-13-8-14-22(26)16-21/h2-16H,17H2,1H3/b25-24+. The second-order valence-electron chi connectivity index (χ2n) is 6.84. The number of rotatable bonds is 4. The van der Waals surface area contributed by atoms with Crippen molar-refractivity contribution in [2.24, 2.45) is 0 Å². The van der Waals surface area contributed by atoms with E-state index in [1.54, 1.807) is 6.08 Å². The summed E-state index contributed by atoms with van der Waals surface area (Å²) in [6, 6.07) is 28.0. The Morgan fingerprint density at radius 3 is 2.18 bits per heavy atom. The monoisotopic (exact) mass is 385 g/mol. The molecule has 3 aromatic carbocycles. The van der Waals surface area contributed by atoms with E-state index < -0.39 is 0 Å². The molecule has 0 saturated carbocycles. The Hall–Kier alpha value is -3.10. The molecule has 3 aromatic rings. The summed E-state index contributed by atoms with van der Waals surface area (Å²) in [5.41, 5.74) is 6.05. The predicted molar refractivity (Wildman–Crippen MR) is 115 cm³/mol. The van der Waals surface area contributed by atoms with E-state index in [0.29, 0.717) is 11.6 Å². The van der Waals surface area contributed by atoms with Crippen LogP contribution in [0, 0.1) is 0 Å². The van der Waals surface area contributed by atoms with E-state index in [1.807, 2.05) is 84.6 Å². The fourth-order valence-corrected chi connectivity index (χ4v) is 3.79. The number of hydrogen-bond donors (Lipinski definition) is 0. The first kappa shape index (κ1) is 18.3. The van der Waals surface area contributed by atoms with Crippen molar-refractivity contribution in [2.75, 3.05) is 0 Å². The highest BCUT2D eigenvalue weighted by Gasteiger charge is 2.29. The second-order valence-corrected chi connectivity index (χ2v) is 7.27. The van der Waals surface area contributed by atoms with Crippen molar-refractivity contribution in [2.45, 2.75) is 13.5 Å². The van der Waals surface area contributed by atoms with E-state index in [4.69, 9.17) is 11.6 Å². The lowest BCUT2D eigenvalue weighted by Gasteiger charge is -2.24. The molecule has 0 saturated heterocycles. The maximum atomic E-state index is 12.8. The van der Waals surface area contributed by atoms with Crippen molar-refractivity contribution in [3.05, 3.63) is 124 Å². The smallest absolute Gasteiger partial charge is 0.251 e. The fourth-order valence-electron chi connectivity index (χ4n) is 3.60. The van der Waals surface area contributed by atoms with Crippen LogP contribution in [0.5, 0.6) is 0 Å². The molecule has 138 valence electrons. The third-order valence-corrected chi connectivity index (χ3v) is 5.08. The van der Waals surface area contributed by atoms with Gasteiger partial charge in [0.1, 0.15) is 0 Å². The Bertz CT molecular complexity index is 1070. The molecule has 1 amide bonds. The van der Waals surface area contributed by atoms with Gasteiger partial charge in [-0.25, -0.2) is 0 Å². The Morgan fingerprint density at radius 1 is 0.857 bits per heavy atom. The van der Waals surface area contributed by atoms with Gasteiger partial charge in [-0.05, 0) is 41.3 Å². The van der Waals surface area contributed by atoms with Gasteiger partial charge in [0, 0.05) is 16.7 Å². The molecule has 0 radical (unpaired) electrons. The van der Waals surface area contributed by atoms with Crippen molar-refractivity contribution < 1.29 is 4.79 Å². The zero-order valence-electron chi connectivity index (χ0n) is 15.6. The number of carbonyl (C=O) groups is 1. The highest BCUT2D eigenvalue weighted by molar-refractivity contribution is 6.30. The minimum Gasteiger partial charge on any atom is -0.304 e. The van der Waals surface area contributed by atoms with Gasteiger partial charge < -0.3 is 4.90 Å². The van der Waals surface area contributed by atoms with Crippen LogP contribution in [0.25, 0.3) is 5.57 Å². The first-order chi connectivity index (χ1) is 13.6. The van der Waals surface area contributed by atoms with Crippen LogP contribution in [0.1, 0.15) is 23.6 Å². The van der Waals surface area contributed by atoms with Crippen molar-refractivity contribution in [3.63, 3.8) is 0 Å². The second kappa shape index (κ2) is 7.87. The van der Waals surface area contributed by atoms with Crippen LogP contribution >= 0.6 is 11.6 Å². The number of amides is 1. The molecule has 1 aliphatic heterocycles. The lowest BCUT2D eigenvalue weighted by atomic mass is 9.93. The minimum atomic E-state index is 0.00631. The van der Waals surface area contributed by atoms with Gasteiger partial charge in [-0.2, -0.15) is 0 Å². The molecule has 3 heteroatoms. The minimum absolute atomic E-state index is 0.00631. The number of nitrogens with zero attached hydrogens (tertiary/aromatic N) is 1. The van der Waals surface area contributed by atoms with Crippen molar-refractivity contribution in [1.29, 1.82) is 0 Å².